The number of hydrogen-bond donors (Lipinski definition) is 0. The van der Waals surface area contributed by atoms with Crippen molar-refractivity contribution in [3.63, 3.8) is 0 Å². The molecule has 0 saturated carbocycles. The molecule has 1 aliphatic rings. The van der Waals surface area contributed by atoms with Gasteiger partial charge in [0.05, 0.1) is 0 Å². The van der Waals surface area contributed by atoms with Crippen LogP contribution in [0.1, 0.15) is 26.2 Å². The Morgan fingerprint density at radius 2 is 2.33 bits per heavy atom. The van der Waals surface area contributed by atoms with Crippen molar-refractivity contribution in [2.24, 2.45) is 0 Å². The van der Waals surface area contributed by atoms with Gasteiger partial charge in [0, 0.05) is 0 Å². The lowest BCUT2D eigenvalue weighted by Crippen LogP contribution is -2.15. The van der Waals surface area contributed by atoms with Crippen molar-refractivity contribution in [2.45, 2.75) is 32.3 Å². The van der Waals surface area contributed by atoms with E-state index in [-0.39, 0.29) is 18.3 Å². The molecule has 3 heteroatoms. The maximum absolute atomic E-state index is 10.9. The summed E-state index contributed by atoms with van der Waals surface area (Å²) in [4.78, 5) is 21.4. The molecule has 0 N–H and O–H groups in total. The predicted octanol–water partition coefficient (Wildman–Crippen LogP) is 1.23. The molecule has 0 radical (unpaired) electrons. The van der Waals surface area contributed by atoms with E-state index in [9.17, 15) is 9.59 Å². The maximum Gasteiger partial charge on any atom is 0.313 e. The molecule has 1 atom stereocenters. The van der Waals surface area contributed by atoms with Crippen LogP contribution in [0, 0.1) is 0 Å². The average molecular weight is 168 g/mol. The van der Waals surface area contributed by atoms with Crippen molar-refractivity contribution in [3.8, 4) is 0 Å². The monoisotopic (exact) mass is 168 g/mol. The van der Waals surface area contributed by atoms with Gasteiger partial charge in [0.2, 0.25) is 0 Å². The summed E-state index contributed by atoms with van der Waals surface area (Å²) in [7, 11) is 0. The first kappa shape index (κ1) is 8.97. The van der Waals surface area contributed by atoms with Crippen LogP contribution in [0.3, 0.4) is 0 Å². The summed E-state index contributed by atoms with van der Waals surface area (Å²) in [5, 5.41) is 0. The van der Waals surface area contributed by atoms with Crippen molar-refractivity contribution >= 4 is 11.8 Å². The third-order valence-corrected chi connectivity index (χ3v) is 1.64. The summed E-state index contributed by atoms with van der Waals surface area (Å²) in [6, 6.07) is 0. The molecular weight excluding hydrogens is 156 g/mol. The molecule has 1 aliphatic carbocycles. The van der Waals surface area contributed by atoms with E-state index >= 15 is 0 Å². The molecule has 0 aliphatic heterocycles. The second-order valence-electron chi connectivity index (χ2n) is 2.91. The Kier molecular flexibility index (Phi) is 3.02. The highest BCUT2D eigenvalue weighted by Crippen LogP contribution is 2.13. The number of esters is 1. The van der Waals surface area contributed by atoms with Gasteiger partial charge < -0.3 is 4.74 Å². The highest BCUT2D eigenvalue weighted by atomic mass is 16.5. The van der Waals surface area contributed by atoms with Crippen LogP contribution in [-0.2, 0) is 14.3 Å². The SMILES string of the molecule is CC(=O)CC(=O)OC1C=CCC1. The fourth-order valence-corrected chi connectivity index (χ4v) is 1.12. The van der Waals surface area contributed by atoms with Gasteiger partial charge in [0.1, 0.15) is 18.3 Å². The molecule has 0 saturated heterocycles. The summed E-state index contributed by atoms with van der Waals surface area (Å²) in [5.41, 5.74) is 0. The quantitative estimate of drug-likeness (QED) is 0.361. The molecule has 3 nitrogen and oxygen atoms in total. The van der Waals surface area contributed by atoms with Gasteiger partial charge in [-0.05, 0) is 25.8 Å². The molecule has 1 unspecified atom stereocenters. The van der Waals surface area contributed by atoms with Crippen LogP contribution >= 0.6 is 0 Å². The minimum atomic E-state index is -0.418. The van der Waals surface area contributed by atoms with Crippen LogP contribution in [-0.4, -0.2) is 17.9 Å². The Balaban J connectivity index is 2.26. The Morgan fingerprint density at radius 3 is 2.83 bits per heavy atom. The van der Waals surface area contributed by atoms with Crippen LogP contribution in [0.2, 0.25) is 0 Å². The largest absolute Gasteiger partial charge is 0.458 e. The molecule has 0 aromatic carbocycles. The van der Waals surface area contributed by atoms with Gasteiger partial charge in [-0.25, -0.2) is 0 Å². The molecular formula is C9H12O3. The molecule has 0 aromatic heterocycles. The van der Waals surface area contributed by atoms with E-state index < -0.39 is 5.97 Å². The number of rotatable bonds is 3. The lowest BCUT2D eigenvalue weighted by atomic mass is 10.3. The molecule has 0 aromatic rings. The lowest BCUT2D eigenvalue weighted by molar-refractivity contribution is -0.148. The molecule has 1 rings (SSSR count). The van der Waals surface area contributed by atoms with Crippen molar-refractivity contribution in [3.05, 3.63) is 12.2 Å². The van der Waals surface area contributed by atoms with Gasteiger partial charge in [0.15, 0.2) is 0 Å². The van der Waals surface area contributed by atoms with Crippen molar-refractivity contribution in [1.82, 2.24) is 0 Å². The van der Waals surface area contributed by atoms with Gasteiger partial charge in [-0.3, -0.25) is 9.59 Å². The second-order valence-corrected chi connectivity index (χ2v) is 2.91. The number of carbonyl (C=O) groups excluding carboxylic acids is 2. The topological polar surface area (TPSA) is 43.4 Å². The van der Waals surface area contributed by atoms with Crippen LogP contribution in [0.5, 0.6) is 0 Å². The standard InChI is InChI=1S/C9H12O3/c1-7(10)6-9(11)12-8-4-2-3-5-8/h2,4,8H,3,5-6H2,1H3. The first-order valence-electron chi connectivity index (χ1n) is 4.04. The van der Waals surface area contributed by atoms with Crippen LogP contribution in [0.4, 0.5) is 0 Å². The zero-order chi connectivity index (χ0) is 8.97. The average Bonchev–Trinajstić information content (AvgIpc) is 2.37. The van der Waals surface area contributed by atoms with E-state index in [1.165, 1.54) is 6.92 Å². The lowest BCUT2D eigenvalue weighted by Gasteiger charge is -2.08. The maximum atomic E-state index is 10.9. The van der Waals surface area contributed by atoms with E-state index in [1.54, 1.807) is 0 Å². The fraction of sp³-hybridized carbons (Fsp3) is 0.556. The van der Waals surface area contributed by atoms with E-state index in [1.807, 2.05) is 12.2 Å². The molecule has 0 bridgehead atoms. The first-order chi connectivity index (χ1) is 5.68. The van der Waals surface area contributed by atoms with Crippen LogP contribution in [0.15, 0.2) is 12.2 Å². The first-order valence-corrected chi connectivity index (χ1v) is 4.04. The number of hydrogen-bond acceptors (Lipinski definition) is 3. The van der Waals surface area contributed by atoms with Gasteiger partial charge >= 0.3 is 5.97 Å². The van der Waals surface area contributed by atoms with Crippen molar-refractivity contribution in [1.29, 1.82) is 0 Å². The second kappa shape index (κ2) is 4.04. The number of carbonyl (C=O) groups is 2. The van der Waals surface area contributed by atoms with Gasteiger partial charge in [-0.1, -0.05) is 6.08 Å². The van der Waals surface area contributed by atoms with Crippen LogP contribution < -0.4 is 0 Å². The predicted molar refractivity (Wildman–Crippen MR) is 43.6 cm³/mol. The minimum absolute atomic E-state index is 0.100. The summed E-state index contributed by atoms with van der Waals surface area (Å²) in [6.07, 6.45) is 5.44. The highest BCUT2D eigenvalue weighted by molar-refractivity contribution is 5.94. The van der Waals surface area contributed by atoms with Gasteiger partial charge in [0.25, 0.3) is 0 Å². The molecule has 0 fully saturated rings. The molecule has 0 amide bonds. The third kappa shape index (κ3) is 2.86. The third-order valence-electron chi connectivity index (χ3n) is 1.64. The molecule has 0 spiro atoms. The highest BCUT2D eigenvalue weighted by Gasteiger charge is 2.15. The zero-order valence-corrected chi connectivity index (χ0v) is 7.08. The summed E-state index contributed by atoms with van der Waals surface area (Å²) in [6.45, 7) is 1.38. The van der Waals surface area contributed by atoms with Crippen molar-refractivity contribution in [2.75, 3.05) is 0 Å². The summed E-state index contributed by atoms with van der Waals surface area (Å²) >= 11 is 0. The fourth-order valence-electron chi connectivity index (χ4n) is 1.12. The van der Waals surface area contributed by atoms with E-state index in [0.717, 1.165) is 12.8 Å². The number of ketones is 1. The zero-order valence-electron chi connectivity index (χ0n) is 7.08. The number of ether oxygens (including phenoxy) is 1. The Labute approximate surface area is 71.4 Å². The smallest absolute Gasteiger partial charge is 0.313 e. The normalized spacial score (nSPS) is 20.9. The molecule has 66 valence electrons. The van der Waals surface area contributed by atoms with Crippen molar-refractivity contribution < 1.29 is 14.3 Å². The minimum Gasteiger partial charge on any atom is -0.458 e. The number of allylic oxidation sites excluding steroid dienone is 1. The molecule has 12 heavy (non-hydrogen) atoms. The Bertz CT molecular complexity index is 218. The van der Waals surface area contributed by atoms with E-state index in [4.69, 9.17) is 4.74 Å². The Morgan fingerprint density at radius 1 is 1.58 bits per heavy atom. The van der Waals surface area contributed by atoms with Gasteiger partial charge in [-0.15, -0.1) is 0 Å². The van der Waals surface area contributed by atoms with E-state index in [2.05, 4.69) is 0 Å². The van der Waals surface area contributed by atoms with Crippen LogP contribution in [0.25, 0.3) is 0 Å². The number of Topliss-reactive ketones (excluding diaryl/α,β-unsaturated/α-hetero) is 1. The summed E-state index contributed by atoms with van der Waals surface area (Å²) in [5.74, 6) is -0.568. The summed E-state index contributed by atoms with van der Waals surface area (Å²) < 4.78 is 4.98. The molecule has 0 heterocycles. The van der Waals surface area contributed by atoms with E-state index in [0.29, 0.717) is 0 Å². The Hall–Kier alpha value is -1.12. The van der Waals surface area contributed by atoms with Gasteiger partial charge in [-0.2, -0.15) is 0 Å².